The summed E-state index contributed by atoms with van der Waals surface area (Å²) in [4.78, 5) is 70.1. The number of ketones is 1. The Morgan fingerprint density at radius 3 is 0.924 bits per heavy atom. The smallest absolute Gasteiger partial charge is 0.343 e. The van der Waals surface area contributed by atoms with Crippen LogP contribution < -0.4 is 18.9 Å². The van der Waals surface area contributed by atoms with Gasteiger partial charge in [0.2, 0.25) is 0 Å². The molecule has 0 spiro atoms. The van der Waals surface area contributed by atoms with Crippen molar-refractivity contribution in [3.05, 3.63) is 211 Å². The first-order valence-electron chi connectivity index (χ1n) is 50.8. The zero-order valence-electron chi connectivity index (χ0n) is 79.1. The summed E-state index contributed by atoms with van der Waals surface area (Å²) in [5.41, 5.74) is 1.51. The van der Waals surface area contributed by atoms with E-state index in [-0.39, 0.29) is 40.6 Å². The molecule has 14 aliphatic rings. The van der Waals surface area contributed by atoms with Crippen LogP contribution >= 0.6 is 0 Å². The van der Waals surface area contributed by atoms with Gasteiger partial charge in [0, 0.05) is 97.6 Å². The largest absolute Gasteiger partial charge is 0.426 e. The Hall–Kier alpha value is -7.46. The topological polar surface area (TPSA) is 122 Å². The highest BCUT2D eigenvalue weighted by Gasteiger charge is 2.57. The van der Waals surface area contributed by atoms with E-state index < -0.39 is 5.41 Å². The van der Waals surface area contributed by atoms with E-state index in [1.165, 1.54) is 239 Å². The van der Waals surface area contributed by atoms with Crippen LogP contribution in [0, 0.1) is 34.5 Å². The second kappa shape index (κ2) is 40.5. The van der Waals surface area contributed by atoms with E-state index in [0.717, 1.165) is 119 Å². The van der Waals surface area contributed by atoms with Crippen molar-refractivity contribution in [1.29, 1.82) is 0 Å². The molecule has 2 unspecified atom stereocenters. The van der Waals surface area contributed by atoms with E-state index in [4.69, 9.17) is 18.9 Å². The first-order valence-corrected chi connectivity index (χ1v) is 57.5. The molecule has 4 saturated carbocycles. The van der Waals surface area contributed by atoms with Crippen LogP contribution in [-0.4, -0.2) is 82.2 Å². The summed E-state index contributed by atoms with van der Waals surface area (Å²) < 4.78 is 23.6. The Labute approximate surface area is 795 Å². The molecular weight excluding hydrogens is 1710 g/mol. The summed E-state index contributed by atoms with van der Waals surface area (Å²) in [6.45, 7) is 16.2. The van der Waals surface area contributed by atoms with Gasteiger partial charge in [-0.15, -0.1) is 0 Å². The number of carbonyl (C=O) groups is 5. The number of benzene rings is 10. The van der Waals surface area contributed by atoms with Gasteiger partial charge in [0.05, 0.1) is 35.2 Å². The number of ether oxygens (including phenoxy) is 4. The van der Waals surface area contributed by atoms with Crippen molar-refractivity contribution < 1.29 is 42.9 Å². The molecule has 10 aliphatic heterocycles. The molecule has 14 bridgehead atoms. The number of Topliss-reactive ketones (excluding diaryl/α,β-unsaturated/α-hetero) is 1. The van der Waals surface area contributed by atoms with Gasteiger partial charge in [-0.2, -0.15) is 0 Å². The number of hydrogen-bond acceptors (Lipinski definition) is 9. The number of rotatable bonds is 12. The fraction of sp³-hybridized carbons (Fsp3) is 0.513. The standard InChI is InChI=1S/C29H35O2S.C25H25O2S.C23H29O2S.C22H27O2S.C18H25OS/c30-28(29-16-19-13-20(17-29)15-21(14-19)18-29)31-26-11-12-27(25-10-2-1-9-24(25)26)32-22-5-3-6-23(32)8-4-7-22;26-25(18-8-2-1-3-9-18)27-23-16-17-24(22-15-5-4-14-21(22)23)28-19-10-6-11-20(28)13-7-12-19;1-23(2,3)22(24)25-20-14-15-21(19-13-5-4-12-18(19)20)26-16-8-6-9-17(26)11-7-10-16;1-15(2)22(23)24-20-13-14-21(19-12-4-3-11-18(19)20)25-16-7-5-8-17(25)10-6-9-16;1-18(2,3)13-7-9-15(10-8-13)20-16-5-4-6-17(20)12-14(19)11-16/h1-2,9-12,19-23H,3-8,13-18H2;1-5,8-9,14-17,19-20H,6-7,10-13H2;4-5,12-17H,6-11H2,1-3H3;3-4,11-17H,5-10H2,1-2H3;7-10,16-17H,4-6,11-12H2,1-3H3/q5*+1. The summed E-state index contributed by atoms with van der Waals surface area (Å²) in [7, 11) is 1.69. The van der Waals surface area contributed by atoms with Crippen LogP contribution in [-0.2, 0) is 79.1 Å². The van der Waals surface area contributed by atoms with E-state index in [2.05, 4.69) is 154 Å². The van der Waals surface area contributed by atoms with Crippen LogP contribution in [0.5, 0.6) is 23.0 Å². The van der Waals surface area contributed by atoms with E-state index in [0.29, 0.717) is 93.6 Å². The van der Waals surface area contributed by atoms with Crippen LogP contribution in [0.2, 0.25) is 0 Å². The van der Waals surface area contributed by atoms with E-state index in [1.54, 1.807) is 17.0 Å². The highest BCUT2D eigenvalue weighted by atomic mass is 32.2. The van der Waals surface area contributed by atoms with E-state index >= 15 is 0 Å². The Balaban J connectivity index is 0.000000107. The molecule has 10 saturated heterocycles. The van der Waals surface area contributed by atoms with Crippen LogP contribution in [0.15, 0.2) is 225 Å². The molecule has 9 nitrogen and oxygen atoms in total. The highest BCUT2D eigenvalue weighted by Crippen LogP contribution is 2.61. The van der Waals surface area contributed by atoms with E-state index in [9.17, 15) is 24.0 Å². The predicted octanol–water partition coefficient (Wildman–Crippen LogP) is 28.8. The van der Waals surface area contributed by atoms with Crippen LogP contribution in [0.25, 0.3) is 43.1 Å². The van der Waals surface area contributed by atoms with Crippen LogP contribution in [0.1, 0.15) is 296 Å². The zero-order chi connectivity index (χ0) is 90.2. The van der Waals surface area contributed by atoms with Gasteiger partial charge in [-0.05, 0) is 358 Å². The molecule has 4 aliphatic carbocycles. The van der Waals surface area contributed by atoms with Crippen molar-refractivity contribution in [2.75, 3.05) is 0 Å². The summed E-state index contributed by atoms with van der Waals surface area (Å²) in [5, 5.41) is 17.7. The quantitative estimate of drug-likeness (QED) is 0.0668. The Morgan fingerprint density at radius 1 is 0.321 bits per heavy atom. The first kappa shape index (κ1) is 92.6. The van der Waals surface area contributed by atoms with Gasteiger partial charge < -0.3 is 18.9 Å². The first-order chi connectivity index (χ1) is 63.5. The number of hydrogen-bond donors (Lipinski definition) is 0. The van der Waals surface area contributed by atoms with Gasteiger partial charge in [-0.1, -0.05) is 138 Å². The molecule has 14 heteroatoms. The molecule has 131 heavy (non-hydrogen) atoms. The van der Waals surface area contributed by atoms with Crippen molar-refractivity contribution in [2.24, 2.45) is 34.5 Å². The van der Waals surface area contributed by atoms with Crippen molar-refractivity contribution in [3.8, 4) is 23.0 Å². The summed E-state index contributed by atoms with van der Waals surface area (Å²) in [5.74, 6) is 5.02. The van der Waals surface area contributed by atoms with E-state index in [1.807, 2.05) is 89.2 Å². The molecule has 0 aromatic heterocycles. The van der Waals surface area contributed by atoms with Crippen LogP contribution in [0.4, 0.5) is 0 Å². The second-order valence-electron chi connectivity index (χ2n) is 43.2. The maximum atomic E-state index is 13.6. The third-order valence-electron chi connectivity index (χ3n) is 31.7. The molecule has 24 rings (SSSR count). The molecule has 10 heterocycles. The summed E-state index contributed by atoms with van der Waals surface area (Å²) in [6, 6.07) is 70.0. The lowest BCUT2D eigenvalue weighted by Gasteiger charge is -2.55. The maximum absolute atomic E-state index is 13.6. The number of carbonyl (C=O) groups excluding carboxylic acids is 5. The monoisotopic (exact) mass is 1850 g/mol. The van der Waals surface area contributed by atoms with Gasteiger partial charge >= 0.3 is 23.9 Å². The van der Waals surface area contributed by atoms with Crippen molar-refractivity contribution >= 4 is 127 Å². The van der Waals surface area contributed by atoms with Gasteiger partial charge in [-0.3, -0.25) is 19.2 Å². The lowest BCUT2D eigenvalue weighted by Crippen LogP contribution is -2.51. The average molecular weight is 1850 g/mol. The minimum Gasteiger partial charge on any atom is -0.426 e. The Morgan fingerprint density at radius 2 is 0.611 bits per heavy atom. The SMILES string of the molecule is CC(C)(C)C(=O)Oc1ccc([S+]2C3CCCC2CCC3)c2ccccc12.CC(C)(C)c1ccc([S+]2C3CCCC2CC(=O)C3)cc1.CC(C)C(=O)Oc1ccc([S+]2C3CCCC2CCC3)c2ccccc12.O=C(Oc1ccc([S+]2C3CCCC2CCC3)c2ccccc12)C12CC3CC(CC(C3)C1)C2.O=C(Oc1ccc([S+]2C3CCCC2CCC3)c2ccccc12)c1ccccc1. The maximum Gasteiger partial charge on any atom is 0.343 e. The molecule has 0 N–H and O–H groups in total. The van der Waals surface area contributed by atoms with Crippen molar-refractivity contribution in [2.45, 2.75) is 363 Å². The highest BCUT2D eigenvalue weighted by molar-refractivity contribution is 7.99. The third-order valence-corrected chi connectivity index (χ3v) is 47.8. The van der Waals surface area contributed by atoms with Crippen molar-refractivity contribution in [3.63, 3.8) is 0 Å². The molecule has 0 amide bonds. The molecule has 688 valence electrons. The lowest BCUT2D eigenvalue weighted by molar-refractivity contribution is -0.161. The summed E-state index contributed by atoms with van der Waals surface area (Å²) >= 11 is 0. The average Bonchev–Trinajstić information content (AvgIpc) is 0.729. The minimum absolute atomic E-state index is 0.0755. The predicted molar refractivity (Wildman–Crippen MR) is 549 cm³/mol. The number of esters is 4. The molecule has 10 aromatic rings. The molecule has 2 atom stereocenters. The summed E-state index contributed by atoms with van der Waals surface area (Å²) in [6.07, 6.45) is 46.2. The molecular formula is C117H141O9S5+5. The van der Waals surface area contributed by atoms with Gasteiger partial charge in [0.25, 0.3) is 0 Å². The molecule has 0 radical (unpaired) electrons. The Bertz CT molecular complexity index is 5630. The minimum atomic E-state index is -0.498. The third kappa shape index (κ3) is 20.1. The van der Waals surface area contributed by atoms with Gasteiger partial charge in [0.1, 0.15) is 81.3 Å². The zero-order valence-corrected chi connectivity index (χ0v) is 83.2. The normalized spacial score (nSPS) is 29.6. The lowest BCUT2D eigenvalue weighted by atomic mass is 9.49. The second-order valence-corrected chi connectivity index (χ2v) is 55.8. The van der Waals surface area contributed by atoms with Crippen molar-refractivity contribution in [1.82, 2.24) is 0 Å². The number of fused-ring (bicyclic) bond motifs is 14. The molecule has 10 aromatic carbocycles. The molecule has 14 fully saturated rings. The van der Waals surface area contributed by atoms with Gasteiger partial charge in [-0.25, -0.2) is 4.79 Å². The van der Waals surface area contributed by atoms with Crippen LogP contribution in [0.3, 0.4) is 0 Å². The van der Waals surface area contributed by atoms with Gasteiger partial charge in [0.15, 0.2) is 24.5 Å². The fourth-order valence-corrected chi connectivity index (χ4v) is 43.5. The fourth-order valence-electron chi connectivity index (χ4n) is 25.8. The Kier molecular flexibility index (Phi) is 28.6.